The lowest BCUT2D eigenvalue weighted by Gasteiger charge is -2.41. The van der Waals surface area contributed by atoms with E-state index >= 15 is 0 Å². The van der Waals surface area contributed by atoms with E-state index in [2.05, 4.69) is 0 Å². The summed E-state index contributed by atoms with van der Waals surface area (Å²) >= 11 is 0. The molecule has 0 aliphatic carbocycles. The molecule has 1 heterocycles. The molecule has 29 heavy (non-hydrogen) atoms. The summed E-state index contributed by atoms with van der Waals surface area (Å²) in [6, 6.07) is 18.7. The van der Waals surface area contributed by atoms with Gasteiger partial charge in [0.05, 0.1) is 13.2 Å². The Morgan fingerprint density at radius 1 is 0.966 bits per heavy atom. The molecule has 0 radical (unpaired) electrons. The van der Waals surface area contributed by atoms with Gasteiger partial charge in [-0.2, -0.15) is 0 Å². The predicted molar refractivity (Wildman–Crippen MR) is 102 cm³/mol. The summed E-state index contributed by atoms with van der Waals surface area (Å²) in [6.45, 7) is 1.42. The number of aliphatic hydroxyl groups is 1. The zero-order valence-corrected chi connectivity index (χ0v) is 16.1. The van der Waals surface area contributed by atoms with Crippen molar-refractivity contribution in [3.63, 3.8) is 0 Å². The Hall–Kier alpha value is -2.32. The Labute approximate surface area is 169 Å². The lowest BCUT2D eigenvalue weighted by atomic mass is 9.99. The highest BCUT2D eigenvalue weighted by Gasteiger charge is 2.48. The van der Waals surface area contributed by atoms with Gasteiger partial charge in [0.2, 0.25) is 0 Å². The van der Waals surface area contributed by atoms with Gasteiger partial charge in [0, 0.05) is 6.92 Å². The summed E-state index contributed by atoms with van der Waals surface area (Å²) in [6.07, 6.45) is -6.36. The van der Waals surface area contributed by atoms with Gasteiger partial charge in [0.15, 0.2) is 12.5 Å². The largest absolute Gasteiger partial charge is 0.463 e. The van der Waals surface area contributed by atoms with Crippen LogP contribution in [0.1, 0.15) is 18.1 Å². The van der Waals surface area contributed by atoms with Crippen molar-refractivity contribution in [3.8, 4) is 0 Å². The minimum Gasteiger partial charge on any atom is -0.463 e. The number of halogens is 1. The Kier molecular flexibility index (Phi) is 7.71. The van der Waals surface area contributed by atoms with Crippen LogP contribution in [0.5, 0.6) is 0 Å². The molecule has 0 aromatic heterocycles. The number of aliphatic hydroxyl groups excluding tert-OH is 1. The van der Waals surface area contributed by atoms with Crippen molar-refractivity contribution in [1.29, 1.82) is 0 Å². The topological polar surface area (TPSA) is 74.2 Å². The number of carbonyl (C=O) groups is 1. The fourth-order valence-electron chi connectivity index (χ4n) is 3.14. The summed E-state index contributed by atoms with van der Waals surface area (Å²) in [7, 11) is 0. The fourth-order valence-corrected chi connectivity index (χ4v) is 3.14. The maximum atomic E-state index is 14.8. The van der Waals surface area contributed by atoms with E-state index in [4.69, 9.17) is 18.9 Å². The van der Waals surface area contributed by atoms with E-state index in [1.807, 2.05) is 60.7 Å². The minimum atomic E-state index is -1.81. The highest BCUT2D eigenvalue weighted by molar-refractivity contribution is 5.65. The second-order valence-electron chi connectivity index (χ2n) is 6.83. The van der Waals surface area contributed by atoms with E-state index in [0.29, 0.717) is 0 Å². The molecule has 2 aromatic rings. The first-order chi connectivity index (χ1) is 14.0. The smallest absolute Gasteiger partial charge is 0.302 e. The van der Waals surface area contributed by atoms with Crippen molar-refractivity contribution >= 4 is 5.97 Å². The molecule has 0 spiro atoms. The molecule has 0 amide bonds. The van der Waals surface area contributed by atoms with Gasteiger partial charge in [-0.15, -0.1) is 0 Å². The summed E-state index contributed by atoms with van der Waals surface area (Å²) in [5.41, 5.74) is 1.75. The minimum absolute atomic E-state index is 0.143. The van der Waals surface area contributed by atoms with E-state index in [-0.39, 0.29) is 19.8 Å². The van der Waals surface area contributed by atoms with Crippen LogP contribution in [0.4, 0.5) is 4.39 Å². The maximum Gasteiger partial charge on any atom is 0.302 e. The van der Waals surface area contributed by atoms with Crippen LogP contribution in [0, 0.1) is 0 Å². The lowest BCUT2D eigenvalue weighted by molar-refractivity contribution is -0.292. The number of hydrogen-bond donors (Lipinski definition) is 1. The molecule has 0 saturated carbocycles. The molecule has 1 aliphatic rings. The van der Waals surface area contributed by atoms with Crippen molar-refractivity contribution in [2.45, 2.75) is 50.9 Å². The van der Waals surface area contributed by atoms with Crippen LogP contribution in [0.2, 0.25) is 0 Å². The fraction of sp³-hybridized carbons (Fsp3) is 0.409. The molecule has 156 valence electrons. The normalized spacial score (nSPS) is 26.8. The average Bonchev–Trinajstić information content (AvgIpc) is 2.74. The van der Waals surface area contributed by atoms with Gasteiger partial charge in [0.1, 0.15) is 24.9 Å². The van der Waals surface area contributed by atoms with Gasteiger partial charge in [-0.3, -0.25) is 4.79 Å². The molecule has 6 nitrogen and oxygen atoms in total. The Balaban J connectivity index is 1.75. The number of rotatable bonds is 8. The first-order valence-electron chi connectivity index (χ1n) is 9.46. The second-order valence-corrected chi connectivity index (χ2v) is 6.83. The van der Waals surface area contributed by atoms with Gasteiger partial charge < -0.3 is 24.1 Å². The van der Waals surface area contributed by atoms with Crippen LogP contribution in [-0.4, -0.2) is 48.5 Å². The van der Waals surface area contributed by atoms with E-state index in [1.54, 1.807) is 0 Å². The standard InChI is InChI=1S/C22H25FO6/c1-15(24)26-14-18-20(27-12-16-8-4-2-5-9-16)21(19(23)22(25)29-18)28-13-17-10-6-3-7-11-17/h2-11,18-22,25H,12-14H2,1H3/t18-,19-,20-,21-,22+/m1/s1. The molecule has 0 unspecified atom stereocenters. The Bertz CT molecular complexity index is 756. The molecular formula is C22H25FO6. The highest BCUT2D eigenvalue weighted by Crippen LogP contribution is 2.29. The molecule has 2 aromatic carbocycles. The van der Waals surface area contributed by atoms with Crippen LogP contribution in [-0.2, 0) is 37.0 Å². The molecule has 1 N–H and O–H groups in total. The summed E-state index contributed by atoms with van der Waals surface area (Å²) in [5, 5.41) is 10.0. The van der Waals surface area contributed by atoms with Crippen LogP contribution >= 0.6 is 0 Å². The van der Waals surface area contributed by atoms with Gasteiger partial charge in [-0.25, -0.2) is 4.39 Å². The SMILES string of the molecule is CC(=O)OC[C@H]1O[C@H](O)[C@H](F)[C@@H](OCc2ccccc2)[C@@H]1OCc1ccccc1. The average molecular weight is 404 g/mol. The number of carbonyl (C=O) groups excluding carboxylic acids is 1. The molecule has 1 fully saturated rings. The lowest BCUT2D eigenvalue weighted by Crippen LogP contribution is -2.59. The molecule has 0 bridgehead atoms. The monoisotopic (exact) mass is 404 g/mol. The zero-order valence-electron chi connectivity index (χ0n) is 16.1. The number of alkyl halides is 1. The van der Waals surface area contributed by atoms with Gasteiger partial charge in [0.25, 0.3) is 0 Å². The van der Waals surface area contributed by atoms with Crippen molar-refractivity contribution in [1.82, 2.24) is 0 Å². The van der Waals surface area contributed by atoms with Crippen molar-refractivity contribution in [2.24, 2.45) is 0 Å². The molecular weight excluding hydrogens is 379 g/mol. The van der Waals surface area contributed by atoms with Crippen molar-refractivity contribution in [2.75, 3.05) is 6.61 Å². The summed E-state index contributed by atoms with van der Waals surface area (Å²) < 4.78 is 36.9. The van der Waals surface area contributed by atoms with E-state index in [0.717, 1.165) is 11.1 Å². The Morgan fingerprint density at radius 3 is 2.00 bits per heavy atom. The molecule has 7 heteroatoms. The van der Waals surface area contributed by atoms with E-state index < -0.39 is 36.7 Å². The second kappa shape index (κ2) is 10.5. The third-order valence-corrected chi connectivity index (χ3v) is 4.61. The summed E-state index contributed by atoms with van der Waals surface area (Å²) in [5.74, 6) is -0.506. The van der Waals surface area contributed by atoms with Crippen LogP contribution in [0.15, 0.2) is 60.7 Å². The number of hydrogen-bond acceptors (Lipinski definition) is 6. The number of esters is 1. The van der Waals surface area contributed by atoms with E-state index in [1.165, 1.54) is 6.92 Å². The first-order valence-corrected chi connectivity index (χ1v) is 9.46. The van der Waals surface area contributed by atoms with Crippen LogP contribution in [0.25, 0.3) is 0 Å². The number of ether oxygens (including phenoxy) is 4. The molecule has 1 saturated heterocycles. The predicted octanol–water partition coefficient (Wildman–Crippen LogP) is 2.78. The molecule has 1 aliphatic heterocycles. The van der Waals surface area contributed by atoms with Crippen LogP contribution in [0.3, 0.4) is 0 Å². The molecule has 5 atom stereocenters. The quantitative estimate of drug-likeness (QED) is 0.682. The molecule has 3 rings (SSSR count). The Morgan fingerprint density at radius 2 is 1.48 bits per heavy atom. The number of benzene rings is 2. The van der Waals surface area contributed by atoms with Crippen LogP contribution < -0.4 is 0 Å². The van der Waals surface area contributed by atoms with Crippen molar-refractivity contribution in [3.05, 3.63) is 71.8 Å². The van der Waals surface area contributed by atoms with Crippen molar-refractivity contribution < 1.29 is 33.2 Å². The van der Waals surface area contributed by atoms with E-state index in [9.17, 15) is 14.3 Å². The zero-order chi connectivity index (χ0) is 20.6. The van der Waals surface area contributed by atoms with Gasteiger partial charge >= 0.3 is 5.97 Å². The summed E-state index contributed by atoms with van der Waals surface area (Å²) in [4.78, 5) is 11.2. The third kappa shape index (κ3) is 6.08. The van der Waals surface area contributed by atoms with Gasteiger partial charge in [-0.1, -0.05) is 60.7 Å². The van der Waals surface area contributed by atoms with Gasteiger partial charge in [-0.05, 0) is 11.1 Å². The maximum absolute atomic E-state index is 14.8. The first kappa shape index (κ1) is 21.4. The highest BCUT2D eigenvalue weighted by atomic mass is 19.1. The third-order valence-electron chi connectivity index (χ3n) is 4.61.